The summed E-state index contributed by atoms with van der Waals surface area (Å²) in [7, 11) is 1.57. The number of hydrazone groups is 1. The zero-order valence-corrected chi connectivity index (χ0v) is 21.3. The lowest BCUT2D eigenvalue weighted by atomic mass is 10.1. The van der Waals surface area contributed by atoms with Gasteiger partial charge in [0.25, 0.3) is 5.91 Å². The standard InChI is InChI=1S/C28H30N4O5/c1-18-13-19(2)26(20(3)14-18)31-25(33)17-37-24-8-6-5-7-22(24)16-30-32-28(35)27(34)29-15-21-9-11-23(36-4)12-10-21/h5-14,16H,15,17H2,1-4H3,(H,29,34)(H,31,33)(H,32,35)/b30-16-. The van der Waals surface area contributed by atoms with Crippen LogP contribution in [0, 0.1) is 20.8 Å². The number of para-hydroxylation sites is 1. The lowest BCUT2D eigenvalue weighted by molar-refractivity contribution is -0.139. The predicted octanol–water partition coefficient (Wildman–Crippen LogP) is 3.40. The number of methoxy groups -OCH3 is 1. The molecule has 0 aliphatic rings. The summed E-state index contributed by atoms with van der Waals surface area (Å²) in [4.78, 5) is 36.6. The second-order valence-corrected chi connectivity index (χ2v) is 8.38. The van der Waals surface area contributed by atoms with E-state index in [1.54, 1.807) is 55.6 Å². The Morgan fingerprint density at radius 1 is 0.919 bits per heavy atom. The first-order valence-electron chi connectivity index (χ1n) is 11.6. The first-order valence-corrected chi connectivity index (χ1v) is 11.6. The Bertz CT molecular complexity index is 1280. The van der Waals surface area contributed by atoms with Gasteiger partial charge in [0.2, 0.25) is 0 Å². The fourth-order valence-corrected chi connectivity index (χ4v) is 3.63. The van der Waals surface area contributed by atoms with Crippen LogP contribution in [0.25, 0.3) is 0 Å². The summed E-state index contributed by atoms with van der Waals surface area (Å²) in [6.45, 7) is 5.86. The van der Waals surface area contributed by atoms with Crippen LogP contribution < -0.4 is 25.5 Å². The van der Waals surface area contributed by atoms with Crippen LogP contribution in [0.5, 0.6) is 11.5 Å². The number of nitrogens with zero attached hydrogens (tertiary/aromatic N) is 1. The van der Waals surface area contributed by atoms with Crippen LogP contribution >= 0.6 is 0 Å². The SMILES string of the molecule is COc1ccc(CNC(=O)C(=O)N/N=C\c2ccccc2OCC(=O)Nc2c(C)cc(C)cc2C)cc1. The molecule has 3 rings (SSSR count). The number of ether oxygens (including phenoxy) is 2. The van der Waals surface area contributed by atoms with E-state index < -0.39 is 11.8 Å². The minimum Gasteiger partial charge on any atom is -0.497 e. The maximum absolute atomic E-state index is 12.5. The average molecular weight is 503 g/mol. The Morgan fingerprint density at radius 3 is 2.27 bits per heavy atom. The molecule has 192 valence electrons. The third-order valence-electron chi connectivity index (χ3n) is 5.41. The largest absolute Gasteiger partial charge is 0.497 e. The zero-order chi connectivity index (χ0) is 26.8. The molecule has 37 heavy (non-hydrogen) atoms. The maximum Gasteiger partial charge on any atom is 0.329 e. The number of hydrogen-bond acceptors (Lipinski definition) is 6. The fraction of sp³-hybridized carbons (Fsp3) is 0.214. The number of anilines is 1. The Balaban J connectivity index is 1.51. The molecule has 0 saturated heterocycles. The molecule has 0 aliphatic heterocycles. The fourth-order valence-electron chi connectivity index (χ4n) is 3.63. The van der Waals surface area contributed by atoms with E-state index in [9.17, 15) is 14.4 Å². The summed E-state index contributed by atoms with van der Waals surface area (Å²) in [5.41, 5.74) is 7.37. The van der Waals surface area contributed by atoms with E-state index in [4.69, 9.17) is 9.47 Å². The Hall–Kier alpha value is -4.66. The quantitative estimate of drug-likeness (QED) is 0.235. The first-order chi connectivity index (χ1) is 17.8. The van der Waals surface area contributed by atoms with E-state index in [2.05, 4.69) is 21.2 Å². The van der Waals surface area contributed by atoms with Gasteiger partial charge in [-0.25, -0.2) is 5.43 Å². The highest BCUT2D eigenvalue weighted by atomic mass is 16.5. The summed E-state index contributed by atoms with van der Waals surface area (Å²) < 4.78 is 10.8. The summed E-state index contributed by atoms with van der Waals surface area (Å²) in [5, 5.41) is 9.26. The summed E-state index contributed by atoms with van der Waals surface area (Å²) >= 11 is 0. The van der Waals surface area contributed by atoms with Gasteiger partial charge in [0.1, 0.15) is 11.5 Å². The molecular formula is C28H30N4O5. The molecule has 0 fully saturated rings. The van der Waals surface area contributed by atoms with Gasteiger partial charge in [-0.1, -0.05) is 42.0 Å². The summed E-state index contributed by atoms with van der Waals surface area (Å²) in [6.07, 6.45) is 1.34. The normalized spacial score (nSPS) is 10.6. The lowest BCUT2D eigenvalue weighted by Crippen LogP contribution is -2.37. The molecule has 3 aromatic carbocycles. The van der Waals surface area contributed by atoms with Gasteiger partial charge in [0, 0.05) is 17.8 Å². The van der Waals surface area contributed by atoms with Gasteiger partial charge in [0.15, 0.2) is 6.61 Å². The van der Waals surface area contributed by atoms with Gasteiger partial charge in [-0.15, -0.1) is 0 Å². The van der Waals surface area contributed by atoms with Crippen molar-refractivity contribution in [3.05, 3.63) is 88.5 Å². The van der Waals surface area contributed by atoms with Crippen LogP contribution in [0.3, 0.4) is 0 Å². The van der Waals surface area contributed by atoms with E-state index in [0.29, 0.717) is 17.1 Å². The van der Waals surface area contributed by atoms with Crippen molar-refractivity contribution in [3.8, 4) is 11.5 Å². The van der Waals surface area contributed by atoms with E-state index in [-0.39, 0.29) is 19.1 Å². The highest BCUT2D eigenvalue weighted by molar-refractivity contribution is 6.35. The van der Waals surface area contributed by atoms with Crippen LogP contribution in [0.4, 0.5) is 5.69 Å². The highest BCUT2D eigenvalue weighted by Gasteiger charge is 2.13. The number of hydrogen-bond donors (Lipinski definition) is 3. The Labute approximate surface area is 215 Å². The molecule has 3 aromatic rings. The molecule has 0 saturated carbocycles. The van der Waals surface area contributed by atoms with Crippen LogP contribution in [0.15, 0.2) is 65.8 Å². The molecule has 0 unspecified atom stereocenters. The molecule has 0 heterocycles. The van der Waals surface area contributed by atoms with Crippen molar-refractivity contribution in [2.24, 2.45) is 5.10 Å². The monoisotopic (exact) mass is 502 g/mol. The van der Waals surface area contributed by atoms with Gasteiger partial charge in [-0.3, -0.25) is 14.4 Å². The van der Waals surface area contributed by atoms with Gasteiger partial charge in [-0.05, 0) is 61.7 Å². The molecule has 0 spiro atoms. The van der Waals surface area contributed by atoms with Gasteiger partial charge in [-0.2, -0.15) is 5.10 Å². The van der Waals surface area contributed by atoms with Crippen molar-refractivity contribution < 1.29 is 23.9 Å². The van der Waals surface area contributed by atoms with E-state index in [0.717, 1.165) is 27.9 Å². The van der Waals surface area contributed by atoms with Crippen LogP contribution in [-0.2, 0) is 20.9 Å². The average Bonchev–Trinajstić information content (AvgIpc) is 2.89. The predicted molar refractivity (Wildman–Crippen MR) is 142 cm³/mol. The molecule has 3 N–H and O–H groups in total. The van der Waals surface area contributed by atoms with Crippen molar-refractivity contribution in [2.75, 3.05) is 19.0 Å². The molecule has 0 atom stereocenters. The third kappa shape index (κ3) is 7.93. The molecule has 0 bridgehead atoms. The molecule has 0 aromatic heterocycles. The van der Waals surface area contributed by atoms with Crippen molar-refractivity contribution in [3.63, 3.8) is 0 Å². The van der Waals surface area contributed by atoms with Crippen LogP contribution in [0.1, 0.15) is 27.8 Å². The lowest BCUT2D eigenvalue weighted by Gasteiger charge is -2.14. The van der Waals surface area contributed by atoms with Crippen LogP contribution in [-0.4, -0.2) is 37.7 Å². The number of rotatable bonds is 9. The van der Waals surface area contributed by atoms with Crippen LogP contribution in [0.2, 0.25) is 0 Å². The minimum absolute atomic E-state index is 0.181. The van der Waals surface area contributed by atoms with Crippen molar-refractivity contribution in [1.82, 2.24) is 10.7 Å². The number of benzene rings is 3. The smallest absolute Gasteiger partial charge is 0.329 e. The van der Waals surface area contributed by atoms with Gasteiger partial charge >= 0.3 is 11.8 Å². The molecule has 3 amide bonds. The highest BCUT2D eigenvalue weighted by Crippen LogP contribution is 2.22. The summed E-state index contributed by atoms with van der Waals surface area (Å²) in [5.74, 6) is -0.939. The number of amides is 3. The molecule has 9 nitrogen and oxygen atoms in total. The third-order valence-corrected chi connectivity index (χ3v) is 5.41. The Morgan fingerprint density at radius 2 is 1.59 bits per heavy atom. The molecule has 9 heteroatoms. The second-order valence-electron chi connectivity index (χ2n) is 8.38. The van der Waals surface area contributed by atoms with Crippen molar-refractivity contribution in [2.45, 2.75) is 27.3 Å². The maximum atomic E-state index is 12.5. The summed E-state index contributed by atoms with van der Waals surface area (Å²) in [6, 6.07) is 18.0. The topological polar surface area (TPSA) is 118 Å². The molecule has 0 radical (unpaired) electrons. The minimum atomic E-state index is -0.911. The van der Waals surface area contributed by atoms with Crippen molar-refractivity contribution >= 4 is 29.6 Å². The van der Waals surface area contributed by atoms with E-state index in [1.165, 1.54) is 6.21 Å². The second kappa shape index (κ2) is 12.9. The van der Waals surface area contributed by atoms with E-state index >= 15 is 0 Å². The number of carbonyl (C=O) groups excluding carboxylic acids is 3. The van der Waals surface area contributed by atoms with Gasteiger partial charge < -0.3 is 20.1 Å². The number of aryl methyl sites for hydroxylation is 3. The van der Waals surface area contributed by atoms with Crippen molar-refractivity contribution in [1.29, 1.82) is 0 Å². The number of nitrogens with one attached hydrogen (secondary N) is 3. The number of carbonyl (C=O) groups is 3. The first kappa shape index (κ1) is 26.9. The Kier molecular flexibility index (Phi) is 9.37. The van der Waals surface area contributed by atoms with E-state index in [1.807, 2.05) is 32.9 Å². The van der Waals surface area contributed by atoms with Gasteiger partial charge in [0.05, 0.1) is 13.3 Å². The molecular weight excluding hydrogens is 472 g/mol. The molecule has 0 aliphatic carbocycles. The zero-order valence-electron chi connectivity index (χ0n) is 21.3.